The van der Waals surface area contributed by atoms with Gasteiger partial charge in [-0.2, -0.15) is 0 Å². The maximum absolute atomic E-state index is 4.38. The Morgan fingerprint density at radius 2 is 2.42 bits per heavy atom. The summed E-state index contributed by atoms with van der Waals surface area (Å²) in [5, 5.41) is 0. The first-order valence-electron chi connectivity index (χ1n) is 4.37. The standard InChI is InChI=1S/C10H10N2/c1-4-10-9(11-5-1)7-8-3-2-6-12(8)10/h2,5-7H,1,3-4H2. The van der Waals surface area contributed by atoms with Crippen LogP contribution in [0, 0.1) is 0 Å². The molecule has 2 nitrogen and oxygen atoms in total. The fourth-order valence-electron chi connectivity index (χ4n) is 1.95. The fourth-order valence-corrected chi connectivity index (χ4v) is 1.95. The van der Waals surface area contributed by atoms with E-state index in [1.807, 2.05) is 6.21 Å². The largest absolute Gasteiger partial charge is 0.322 e. The highest BCUT2D eigenvalue weighted by molar-refractivity contribution is 5.70. The van der Waals surface area contributed by atoms with E-state index < -0.39 is 0 Å². The number of aliphatic imine (C=N–C) groups is 1. The summed E-state index contributed by atoms with van der Waals surface area (Å²) in [6, 6.07) is 2.20. The second-order valence-corrected chi connectivity index (χ2v) is 3.28. The predicted molar refractivity (Wildman–Crippen MR) is 49.9 cm³/mol. The molecule has 0 N–H and O–H groups in total. The zero-order chi connectivity index (χ0) is 7.97. The molecular formula is C10H10N2. The molecule has 1 aromatic rings. The molecule has 0 aliphatic carbocycles. The molecule has 2 heteroatoms. The molecule has 0 bridgehead atoms. The first-order chi connectivity index (χ1) is 5.95. The van der Waals surface area contributed by atoms with Crippen LogP contribution in [0.5, 0.6) is 0 Å². The molecule has 0 radical (unpaired) electrons. The highest BCUT2D eigenvalue weighted by Crippen LogP contribution is 2.30. The summed E-state index contributed by atoms with van der Waals surface area (Å²) >= 11 is 0. The summed E-state index contributed by atoms with van der Waals surface area (Å²) in [7, 11) is 0. The number of nitrogens with zero attached hydrogens (tertiary/aromatic N) is 2. The molecule has 2 aliphatic heterocycles. The minimum Gasteiger partial charge on any atom is -0.322 e. The average molecular weight is 158 g/mol. The fraction of sp³-hybridized carbons (Fsp3) is 0.300. The van der Waals surface area contributed by atoms with Crippen LogP contribution in [0.4, 0.5) is 5.69 Å². The van der Waals surface area contributed by atoms with Crippen molar-refractivity contribution in [1.29, 1.82) is 0 Å². The van der Waals surface area contributed by atoms with Crippen LogP contribution in [0.25, 0.3) is 6.20 Å². The van der Waals surface area contributed by atoms with Crippen LogP contribution in [0.1, 0.15) is 17.8 Å². The van der Waals surface area contributed by atoms with Crippen LogP contribution in [0.15, 0.2) is 17.1 Å². The number of hydrogen-bond acceptors (Lipinski definition) is 1. The third kappa shape index (κ3) is 0.670. The van der Waals surface area contributed by atoms with E-state index in [1.165, 1.54) is 17.1 Å². The van der Waals surface area contributed by atoms with Crippen LogP contribution >= 0.6 is 0 Å². The Morgan fingerprint density at radius 1 is 1.42 bits per heavy atom. The molecule has 0 saturated heterocycles. The molecule has 0 spiro atoms. The van der Waals surface area contributed by atoms with Crippen LogP contribution in [-0.2, 0) is 12.8 Å². The van der Waals surface area contributed by atoms with Crippen LogP contribution in [-0.4, -0.2) is 10.8 Å². The Bertz CT molecular complexity index is 383. The summed E-state index contributed by atoms with van der Waals surface area (Å²) in [5.74, 6) is 0. The van der Waals surface area contributed by atoms with E-state index in [9.17, 15) is 0 Å². The summed E-state index contributed by atoms with van der Waals surface area (Å²) in [6.07, 6.45) is 9.68. The van der Waals surface area contributed by atoms with Crippen molar-refractivity contribution in [2.24, 2.45) is 4.99 Å². The Kier molecular flexibility index (Phi) is 1.09. The minimum absolute atomic E-state index is 1.07. The van der Waals surface area contributed by atoms with E-state index in [2.05, 4.69) is 27.9 Å². The van der Waals surface area contributed by atoms with Gasteiger partial charge in [0.15, 0.2) is 0 Å². The van der Waals surface area contributed by atoms with Gasteiger partial charge in [-0.3, -0.25) is 4.99 Å². The summed E-state index contributed by atoms with van der Waals surface area (Å²) in [5.41, 5.74) is 3.96. The Balaban J connectivity index is 2.27. The maximum Gasteiger partial charge on any atom is 0.0841 e. The Labute approximate surface area is 71.2 Å². The van der Waals surface area contributed by atoms with Crippen molar-refractivity contribution in [3.8, 4) is 0 Å². The first kappa shape index (κ1) is 6.23. The number of fused-ring (bicyclic) bond motifs is 3. The highest BCUT2D eigenvalue weighted by atomic mass is 15.0. The lowest BCUT2D eigenvalue weighted by molar-refractivity contribution is 0.912. The molecule has 12 heavy (non-hydrogen) atoms. The second-order valence-electron chi connectivity index (χ2n) is 3.28. The molecular weight excluding hydrogens is 148 g/mol. The van der Waals surface area contributed by atoms with Gasteiger partial charge in [0.1, 0.15) is 0 Å². The summed E-state index contributed by atoms with van der Waals surface area (Å²) in [4.78, 5) is 4.38. The molecule has 0 unspecified atom stereocenters. The van der Waals surface area contributed by atoms with Gasteiger partial charge in [0.05, 0.1) is 5.69 Å². The molecule has 2 aliphatic rings. The van der Waals surface area contributed by atoms with Gasteiger partial charge < -0.3 is 4.57 Å². The van der Waals surface area contributed by atoms with Gasteiger partial charge in [0, 0.05) is 30.2 Å². The number of allylic oxidation sites excluding steroid dienone is 1. The van der Waals surface area contributed by atoms with E-state index in [-0.39, 0.29) is 0 Å². The van der Waals surface area contributed by atoms with Crippen molar-refractivity contribution in [3.05, 3.63) is 23.5 Å². The number of rotatable bonds is 0. The molecule has 0 aromatic carbocycles. The van der Waals surface area contributed by atoms with Crippen molar-refractivity contribution in [1.82, 2.24) is 4.57 Å². The minimum atomic E-state index is 1.07. The maximum atomic E-state index is 4.38. The monoisotopic (exact) mass is 158 g/mol. The zero-order valence-corrected chi connectivity index (χ0v) is 6.83. The first-order valence-corrected chi connectivity index (χ1v) is 4.37. The van der Waals surface area contributed by atoms with Gasteiger partial charge in [-0.15, -0.1) is 0 Å². The lowest BCUT2D eigenvalue weighted by Crippen LogP contribution is -1.98. The molecule has 3 rings (SSSR count). The molecule has 0 amide bonds. The number of hydrogen-bond donors (Lipinski definition) is 0. The molecule has 60 valence electrons. The molecule has 1 aromatic heterocycles. The topological polar surface area (TPSA) is 17.3 Å². The van der Waals surface area contributed by atoms with E-state index in [4.69, 9.17) is 0 Å². The van der Waals surface area contributed by atoms with E-state index in [1.54, 1.807) is 0 Å². The lowest BCUT2D eigenvalue weighted by atomic mass is 10.2. The lowest BCUT2D eigenvalue weighted by Gasteiger charge is -2.06. The summed E-state index contributed by atoms with van der Waals surface area (Å²) in [6.45, 7) is 0. The third-order valence-electron chi connectivity index (χ3n) is 2.52. The average Bonchev–Trinajstić information content (AvgIpc) is 2.62. The van der Waals surface area contributed by atoms with Gasteiger partial charge in [0.25, 0.3) is 0 Å². The molecule has 0 fully saturated rings. The van der Waals surface area contributed by atoms with Crippen molar-refractivity contribution < 1.29 is 0 Å². The normalized spacial score (nSPS) is 18.0. The quantitative estimate of drug-likeness (QED) is 0.550. The SMILES string of the molecule is C1=Cn2c(cc3c2CCC=N3)C1. The Hall–Kier alpha value is -1.31. The number of aromatic nitrogens is 1. The molecule has 3 heterocycles. The van der Waals surface area contributed by atoms with E-state index >= 15 is 0 Å². The van der Waals surface area contributed by atoms with Gasteiger partial charge in [-0.25, -0.2) is 0 Å². The van der Waals surface area contributed by atoms with Crippen molar-refractivity contribution >= 4 is 18.1 Å². The highest BCUT2D eigenvalue weighted by Gasteiger charge is 2.16. The molecule has 0 atom stereocenters. The predicted octanol–water partition coefficient (Wildman–Crippen LogP) is 2.16. The van der Waals surface area contributed by atoms with Gasteiger partial charge in [-0.1, -0.05) is 6.08 Å². The van der Waals surface area contributed by atoms with Gasteiger partial charge in [-0.05, 0) is 18.9 Å². The van der Waals surface area contributed by atoms with Crippen molar-refractivity contribution in [2.45, 2.75) is 19.3 Å². The smallest absolute Gasteiger partial charge is 0.0841 e. The van der Waals surface area contributed by atoms with Crippen molar-refractivity contribution in [2.75, 3.05) is 0 Å². The van der Waals surface area contributed by atoms with Crippen molar-refractivity contribution in [3.63, 3.8) is 0 Å². The van der Waals surface area contributed by atoms with Crippen LogP contribution in [0.2, 0.25) is 0 Å². The van der Waals surface area contributed by atoms with Crippen LogP contribution in [0.3, 0.4) is 0 Å². The second kappa shape index (κ2) is 2.09. The van der Waals surface area contributed by atoms with E-state index in [0.717, 1.165) is 19.3 Å². The third-order valence-corrected chi connectivity index (χ3v) is 2.52. The Morgan fingerprint density at radius 3 is 3.42 bits per heavy atom. The zero-order valence-electron chi connectivity index (χ0n) is 6.83. The molecule has 0 saturated carbocycles. The van der Waals surface area contributed by atoms with Gasteiger partial charge in [0.2, 0.25) is 0 Å². The summed E-state index contributed by atoms with van der Waals surface area (Å²) < 4.78 is 2.28. The van der Waals surface area contributed by atoms with E-state index in [0.29, 0.717) is 0 Å². The van der Waals surface area contributed by atoms with Crippen LogP contribution < -0.4 is 0 Å². The van der Waals surface area contributed by atoms with Gasteiger partial charge >= 0.3 is 0 Å².